The van der Waals surface area contributed by atoms with Gasteiger partial charge in [-0.1, -0.05) is 37.6 Å². The molecule has 0 amide bonds. The molecule has 0 spiro atoms. The molecule has 0 bridgehead atoms. The van der Waals surface area contributed by atoms with Gasteiger partial charge in [-0.15, -0.1) is 0 Å². The lowest BCUT2D eigenvalue weighted by molar-refractivity contribution is 0.282. The van der Waals surface area contributed by atoms with Gasteiger partial charge in [0.25, 0.3) is 0 Å². The van der Waals surface area contributed by atoms with E-state index in [1.165, 1.54) is 0 Å². The summed E-state index contributed by atoms with van der Waals surface area (Å²) in [7, 11) is 0. The second-order valence-electron chi connectivity index (χ2n) is 5.66. The molecule has 1 N–H and O–H groups in total. The molecule has 0 atom stereocenters. The number of halogens is 1. The Hall–Kier alpha value is -1.67. The molecule has 0 unspecified atom stereocenters. The van der Waals surface area contributed by atoms with E-state index >= 15 is 0 Å². The first-order valence-corrected chi connectivity index (χ1v) is 6.94. The largest absolute Gasteiger partial charge is 0.392 e. The summed E-state index contributed by atoms with van der Waals surface area (Å²) in [5, 5.41) is 9.55. The molecule has 2 heteroatoms. The van der Waals surface area contributed by atoms with Crippen LogP contribution in [0.3, 0.4) is 0 Å². The number of aliphatic hydroxyl groups is 1. The Bertz CT molecular complexity index is 630. The molecule has 0 fully saturated rings. The third-order valence-electron chi connectivity index (χ3n) is 3.69. The first-order valence-electron chi connectivity index (χ1n) is 6.94. The second kappa shape index (κ2) is 5.76. The monoisotopic (exact) mass is 272 g/mol. The standard InChI is InChI=1S/C18H21FO/c1-11(2)16-9-17(13(4)8-18(16)19)15-6-5-12(3)7-14(15)10-20/h5-9,11,20H,10H2,1-4H3. The Morgan fingerprint density at radius 1 is 1.05 bits per heavy atom. The normalized spacial score (nSPS) is 11.2. The van der Waals surface area contributed by atoms with E-state index in [1.807, 2.05) is 52.0 Å². The van der Waals surface area contributed by atoms with Crippen LogP contribution in [0.2, 0.25) is 0 Å². The van der Waals surface area contributed by atoms with Crippen LogP contribution in [-0.4, -0.2) is 5.11 Å². The van der Waals surface area contributed by atoms with Gasteiger partial charge in [-0.2, -0.15) is 0 Å². The number of hydrogen-bond donors (Lipinski definition) is 1. The van der Waals surface area contributed by atoms with Gasteiger partial charge in [0.2, 0.25) is 0 Å². The fourth-order valence-corrected chi connectivity index (χ4v) is 2.54. The molecular weight excluding hydrogens is 251 g/mol. The lowest BCUT2D eigenvalue weighted by Crippen LogP contribution is -1.98. The maximum absolute atomic E-state index is 14.0. The van der Waals surface area contributed by atoms with Gasteiger partial charge < -0.3 is 5.11 Å². The van der Waals surface area contributed by atoms with Crippen molar-refractivity contribution in [1.29, 1.82) is 0 Å². The van der Waals surface area contributed by atoms with Crippen molar-refractivity contribution in [2.45, 2.75) is 40.2 Å². The Kier molecular flexibility index (Phi) is 4.24. The third kappa shape index (κ3) is 2.75. The van der Waals surface area contributed by atoms with Crippen LogP contribution in [0.4, 0.5) is 4.39 Å². The summed E-state index contributed by atoms with van der Waals surface area (Å²) in [5.41, 5.74) is 5.59. The number of aryl methyl sites for hydroxylation is 2. The smallest absolute Gasteiger partial charge is 0.126 e. The number of rotatable bonds is 3. The molecule has 2 rings (SSSR count). The fraction of sp³-hybridized carbons (Fsp3) is 0.333. The van der Waals surface area contributed by atoms with E-state index in [9.17, 15) is 9.50 Å². The van der Waals surface area contributed by atoms with Crippen LogP contribution in [0.25, 0.3) is 11.1 Å². The number of aliphatic hydroxyl groups excluding tert-OH is 1. The van der Waals surface area contributed by atoms with E-state index in [1.54, 1.807) is 6.07 Å². The van der Waals surface area contributed by atoms with E-state index in [0.29, 0.717) is 0 Å². The Morgan fingerprint density at radius 3 is 2.35 bits per heavy atom. The molecule has 0 radical (unpaired) electrons. The van der Waals surface area contributed by atoms with Crippen molar-refractivity contribution in [1.82, 2.24) is 0 Å². The van der Waals surface area contributed by atoms with Crippen LogP contribution in [-0.2, 0) is 6.61 Å². The molecule has 106 valence electrons. The Labute approximate surface area is 120 Å². The SMILES string of the molecule is Cc1ccc(-c2cc(C(C)C)c(F)cc2C)c(CO)c1. The van der Waals surface area contributed by atoms with Crippen LogP contribution in [0.15, 0.2) is 30.3 Å². The number of hydrogen-bond acceptors (Lipinski definition) is 1. The highest BCUT2D eigenvalue weighted by Gasteiger charge is 2.13. The predicted octanol–water partition coefficient (Wildman–Crippen LogP) is 4.73. The second-order valence-corrected chi connectivity index (χ2v) is 5.66. The minimum atomic E-state index is -0.154. The van der Waals surface area contributed by atoms with Gasteiger partial charge in [-0.25, -0.2) is 4.39 Å². The summed E-state index contributed by atoms with van der Waals surface area (Å²) in [6.45, 7) is 7.87. The maximum atomic E-state index is 14.0. The molecule has 1 nitrogen and oxygen atoms in total. The molecule has 0 aromatic heterocycles. The maximum Gasteiger partial charge on any atom is 0.126 e. The van der Waals surface area contributed by atoms with Crippen LogP contribution < -0.4 is 0 Å². The Morgan fingerprint density at radius 2 is 1.75 bits per heavy atom. The average molecular weight is 272 g/mol. The summed E-state index contributed by atoms with van der Waals surface area (Å²) in [6.07, 6.45) is 0. The highest BCUT2D eigenvalue weighted by atomic mass is 19.1. The molecule has 0 heterocycles. The van der Waals surface area contributed by atoms with Gasteiger partial charge in [0.1, 0.15) is 5.82 Å². The molecule has 0 aliphatic carbocycles. The van der Waals surface area contributed by atoms with Crippen molar-refractivity contribution in [3.63, 3.8) is 0 Å². The van der Waals surface area contributed by atoms with Crippen molar-refractivity contribution < 1.29 is 9.50 Å². The summed E-state index contributed by atoms with van der Waals surface area (Å²) in [4.78, 5) is 0. The molecule has 0 aliphatic heterocycles. The summed E-state index contributed by atoms with van der Waals surface area (Å²) in [5.74, 6) is -0.0173. The highest BCUT2D eigenvalue weighted by molar-refractivity contribution is 5.71. The van der Waals surface area contributed by atoms with Crippen molar-refractivity contribution in [2.24, 2.45) is 0 Å². The molecule has 0 aliphatic rings. The molecule has 2 aromatic rings. The first kappa shape index (κ1) is 14.7. The van der Waals surface area contributed by atoms with Gasteiger partial charge in [-0.05, 0) is 59.7 Å². The van der Waals surface area contributed by atoms with E-state index in [-0.39, 0.29) is 18.3 Å². The minimum absolute atomic E-state index is 0.00909. The van der Waals surface area contributed by atoms with E-state index in [4.69, 9.17) is 0 Å². The van der Waals surface area contributed by atoms with E-state index < -0.39 is 0 Å². The zero-order valence-corrected chi connectivity index (χ0v) is 12.5. The zero-order valence-electron chi connectivity index (χ0n) is 12.5. The fourth-order valence-electron chi connectivity index (χ4n) is 2.54. The van der Waals surface area contributed by atoms with Crippen LogP contribution >= 0.6 is 0 Å². The zero-order chi connectivity index (χ0) is 14.9. The van der Waals surface area contributed by atoms with E-state index in [2.05, 4.69) is 0 Å². The van der Waals surface area contributed by atoms with E-state index in [0.717, 1.165) is 33.4 Å². The van der Waals surface area contributed by atoms with Crippen molar-refractivity contribution in [2.75, 3.05) is 0 Å². The predicted molar refractivity (Wildman–Crippen MR) is 81.3 cm³/mol. The van der Waals surface area contributed by atoms with Crippen molar-refractivity contribution in [3.05, 3.63) is 58.4 Å². The van der Waals surface area contributed by atoms with Gasteiger partial charge in [0.15, 0.2) is 0 Å². The number of benzene rings is 2. The molecule has 0 saturated heterocycles. The summed E-state index contributed by atoms with van der Waals surface area (Å²) >= 11 is 0. The Balaban J connectivity index is 2.66. The molecule has 2 aromatic carbocycles. The van der Waals surface area contributed by atoms with Gasteiger partial charge >= 0.3 is 0 Å². The lowest BCUT2D eigenvalue weighted by Gasteiger charge is -2.15. The highest BCUT2D eigenvalue weighted by Crippen LogP contribution is 2.32. The lowest BCUT2D eigenvalue weighted by atomic mass is 9.90. The van der Waals surface area contributed by atoms with Gasteiger partial charge in [0.05, 0.1) is 6.61 Å². The minimum Gasteiger partial charge on any atom is -0.392 e. The molecule has 0 saturated carbocycles. The van der Waals surface area contributed by atoms with Gasteiger partial charge in [-0.3, -0.25) is 0 Å². The first-order chi connectivity index (χ1) is 9.43. The van der Waals surface area contributed by atoms with Crippen LogP contribution in [0, 0.1) is 19.7 Å². The molecule has 20 heavy (non-hydrogen) atoms. The van der Waals surface area contributed by atoms with Crippen molar-refractivity contribution in [3.8, 4) is 11.1 Å². The summed E-state index contributed by atoms with van der Waals surface area (Å²) in [6, 6.07) is 9.51. The van der Waals surface area contributed by atoms with Crippen LogP contribution in [0.5, 0.6) is 0 Å². The third-order valence-corrected chi connectivity index (χ3v) is 3.69. The average Bonchev–Trinajstić information content (AvgIpc) is 2.39. The summed E-state index contributed by atoms with van der Waals surface area (Å²) < 4.78 is 14.0. The quantitative estimate of drug-likeness (QED) is 0.856. The molecular formula is C18H21FO. The topological polar surface area (TPSA) is 20.2 Å². The van der Waals surface area contributed by atoms with Crippen LogP contribution in [0.1, 0.15) is 42.0 Å². The van der Waals surface area contributed by atoms with Crippen molar-refractivity contribution >= 4 is 0 Å². The van der Waals surface area contributed by atoms with Gasteiger partial charge in [0, 0.05) is 0 Å².